The highest BCUT2D eigenvalue weighted by atomic mass is 35.5. The number of methoxy groups -OCH3 is 1. The van der Waals surface area contributed by atoms with Gasteiger partial charge in [0.25, 0.3) is 0 Å². The Bertz CT molecular complexity index is 566. The molecule has 5 heteroatoms. The van der Waals surface area contributed by atoms with Gasteiger partial charge in [-0.15, -0.1) is 12.4 Å². The summed E-state index contributed by atoms with van der Waals surface area (Å²) in [5.41, 5.74) is 1.32. The largest absolute Gasteiger partial charge is 0.496 e. The maximum absolute atomic E-state index is 13.0. The molecular weight excluding hydrogens is 312 g/mol. The molecular formula is C18H27ClN2O2. The van der Waals surface area contributed by atoms with Crippen LogP contribution in [0, 0.1) is 11.3 Å². The first-order valence-corrected chi connectivity index (χ1v) is 8.25. The van der Waals surface area contributed by atoms with Gasteiger partial charge in [0.05, 0.1) is 13.2 Å². The molecule has 1 aromatic rings. The summed E-state index contributed by atoms with van der Waals surface area (Å²) in [5.74, 6) is 1.39. The van der Waals surface area contributed by atoms with Crippen molar-refractivity contribution in [2.45, 2.75) is 32.7 Å². The van der Waals surface area contributed by atoms with E-state index >= 15 is 0 Å². The van der Waals surface area contributed by atoms with Crippen molar-refractivity contribution >= 4 is 18.3 Å². The lowest BCUT2D eigenvalue weighted by Crippen LogP contribution is -2.49. The topological polar surface area (TPSA) is 41.6 Å². The van der Waals surface area contributed by atoms with E-state index in [2.05, 4.69) is 30.1 Å². The highest BCUT2D eigenvalue weighted by Gasteiger charge is 2.55. The molecule has 3 atom stereocenters. The van der Waals surface area contributed by atoms with Crippen molar-refractivity contribution in [3.8, 4) is 5.75 Å². The van der Waals surface area contributed by atoms with Crippen molar-refractivity contribution in [1.82, 2.24) is 10.2 Å². The number of para-hydroxylation sites is 1. The number of nitrogens with one attached hydrogen (secondary N) is 1. The van der Waals surface area contributed by atoms with Gasteiger partial charge in [0.15, 0.2) is 0 Å². The summed E-state index contributed by atoms with van der Waals surface area (Å²) < 4.78 is 5.50. The third-order valence-corrected chi connectivity index (χ3v) is 5.48. The van der Waals surface area contributed by atoms with Crippen LogP contribution in [0.4, 0.5) is 0 Å². The number of nitrogens with zero attached hydrogens (tertiary/aromatic N) is 1. The van der Waals surface area contributed by atoms with Crippen LogP contribution in [0.5, 0.6) is 5.75 Å². The number of hydrogen-bond donors (Lipinski definition) is 1. The van der Waals surface area contributed by atoms with Gasteiger partial charge in [-0.3, -0.25) is 4.79 Å². The van der Waals surface area contributed by atoms with Crippen molar-refractivity contribution in [3.05, 3.63) is 29.8 Å². The van der Waals surface area contributed by atoms with Crippen LogP contribution in [0.2, 0.25) is 0 Å². The van der Waals surface area contributed by atoms with Gasteiger partial charge in [-0.2, -0.15) is 0 Å². The second-order valence-electron chi connectivity index (χ2n) is 6.76. The fourth-order valence-corrected chi connectivity index (χ4v) is 3.57. The monoisotopic (exact) mass is 338 g/mol. The maximum Gasteiger partial charge on any atom is 0.226 e. The van der Waals surface area contributed by atoms with E-state index in [-0.39, 0.29) is 29.8 Å². The van der Waals surface area contributed by atoms with Crippen molar-refractivity contribution < 1.29 is 9.53 Å². The fraction of sp³-hybridized carbons (Fsp3) is 0.611. The molecule has 128 valence electrons. The Morgan fingerprint density at radius 2 is 2.17 bits per heavy atom. The number of halogens is 1. The maximum atomic E-state index is 13.0. The number of benzene rings is 1. The smallest absolute Gasteiger partial charge is 0.226 e. The summed E-state index contributed by atoms with van der Waals surface area (Å²) in [6, 6.07) is 8.10. The zero-order valence-electron chi connectivity index (χ0n) is 14.2. The van der Waals surface area contributed by atoms with Crippen molar-refractivity contribution in [2.75, 3.05) is 26.7 Å². The molecule has 1 amide bonds. The number of piperazine rings is 1. The minimum absolute atomic E-state index is 0. The average Bonchev–Trinajstić information content (AvgIpc) is 3.26. The molecule has 3 rings (SSSR count). The Hall–Kier alpha value is -1.26. The molecule has 23 heavy (non-hydrogen) atoms. The van der Waals surface area contributed by atoms with Crippen LogP contribution < -0.4 is 10.1 Å². The zero-order valence-corrected chi connectivity index (χ0v) is 15.0. The van der Waals surface area contributed by atoms with E-state index < -0.39 is 0 Å². The lowest BCUT2D eigenvalue weighted by molar-refractivity contribution is -0.136. The number of hydrogen-bond acceptors (Lipinski definition) is 3. The van der Waals surface area contributed by atoms with Crippen LogP contribution in [-0.2, 0) is 4.79 Å². The lowest BCUT2D eigenvalue weighted by atomic mass is 9.99. The molecule has 0 radical (unpaired) electrons. The van der Waals surface area contributed by atoms with E-state index in [1.54, 1.807) is 7.11 Å². The van der Waals surface area contributed by atoms with Gasteiger partial charge in [0.1, 0.15) is 5.75 Å². The quantitative estimate of drug-likeness (QED) is 0.917. The Morgan fingerprint density at radius 3 is 2.83 bits per heavy atom. The third-order valence-electron chi connectivity index (χ3n) is 5.48. The van der Waals surface area contributed by atoms with Crippen LogP contribution in [-0.4, -0.2) is 37.6 Å². The third kappa shape index (κ3) is 3.33. The standard InChI is InChI=1S/C18H26N2O2.ClH/c1-4-18(2)11-14(18)17(21)20-10-9-19-12-15(20)13-7-5-6-8-16(13)22-3;/h5-8,14-15,19H,4,9-12H2,1-3H3;1H. The minimum Gasteiger partial charge on any atom is -0.496 e. The normalized spacial score (nSPS) is 29.6. The Kier molecular flexibility index (Phi) is 5.58. The summed E-state index contributed by atoms with van der Waals surface area (Å²) in [5, 5.41) is 3.41. The van der Waals surface area contributed by atoms with Crippen molar-refractivity contribution in [1.29, 1.82) is 0 Å². The van der Waals surface area contributed by atoms with Crippen LogP contribution >= 0.6 is 12.4 Å². The first-order valence-electron chi connectivity index (χ1n) is 8.25. The molecule has 1 saturated heterocycles. The predicted octanol–water partition coefficient (Wildman–Crippen LogP) is 3.03. The SMILES string of the molecule is CCC1(C)CC1C(=O)N1CCNCC1c1ccccc1OC.Cl. The molecule has 1 heterocycles. The summed E-state index contributed by atoms with van der Waals surface area (Å²) >= 11 is 0. The van der Waals surface area contributed by atoms with Crippen LogP contribution in [0.3, 0.4) is 0 Å². The number of rotatable bonds is 4. The summed E-state index contributed by atoms with van der Waals surface area (Å²) in [6.45, 7) is 6.85. The molecule has 3 unspecified atom stereocenters. The molecule has 1 aliphatic carbocycles. The first kappa shape index (κ1) is 18.1. The second kappa shape index (κ2) is 7.10. The molecule has 1 saturated carbocycles. The van der Waals surface area contributed by atoms with Gasteiger partial charge in [-0.25, -0.2) is 0 Å². The highest BCUT2D eigenvalue weighted by molar-refractivity contribution is 5.85. The van der Waals surface area contributed by atoms with E-state index in [1.165, 1.54) is 0 Å². The second-order valence-corrected chi connectivity index (χ2v) is 6.76. The molecule has 1 N–H and O–H groups in total. The van der Waals surface area contributed by atoms with Crippen LogP contribution in [0.1, 0.15) is 38.3 Å². The summed E-state index contributed by atoms with van der Waals surface area (Å²) in [7, 11) is 1.69. The molecule has 1 aromatic carbocycles. The number of amides is 1. The van der Waals surface area contributed by atoms with E-state index in [4.69, 9.17) is 4.74 Å². The lowest BCUT2D eigenvalue weighted by Gasteiger charge is -2.37. The Morgan fingerprint density at radius 1 is 1.43 bits per heavy atom. The van der Waals surface area contributed by atoms with Crippen LogP contribution in [0.25, 0.3) is 0 Å². The molecule has 2 aliphatic rings. The Balaban J connectivity index is 0.00000192. The average molecular weight is 339 g/mol. The van der Waals surface area contributed by atoms with Gasteiger partial charge in [0.2, 0.25) is 5.91 Å². The molecule has 2 fully saturated rings. The number of ether oxygens (including phenoxy) is 1. The summed E-state index contributed by atoms with van der Waals surface area (Å²) in [4.78, 5) is 15.0. The van der Waals surface area contributed by atoms with Gasteiger partial charge < -0.3 is 15.0 Å². The van der Waals surface area contributed by atoms with Crippen LogP contribution in [0.15, 0.2) is 24.3 Å². The van der Waals surface area contributed by atoms with Gasteiger partial charge >= 0.3 is 0 Å². The molecule has 4 nitrogen and oxygen atoms in total. The number of carbonyl (C=O) groups is 1. The van der Waals surface area contributed by atoms with Gasteiger partial charge in [-0.1, -0.05) is 32.0 Å². The van der Waals surface area contributed by atoms with E-state index in [9.17, 15) is 4.79 Å². The first-order chi connectivity index (χ1) is 10.6. The molecule has 0 aromatic heterocycles. The molecule has 0 spiro atoms. The zero-order chi connectivity index (χ0) is 15.7. The predicted molar refractivity (Wildman–Crippen MR) is 94.1 cm³/mol. The van der Waals surface area contributed by atoms with Crippen molar-refractivity contribution in [3.63, 3.8) is 0 Å². The number of carbonyl (C=O) groups excluding carboxylic acids is 1. The molecule has 0 bridgehead atoms. The minimum atomic E-state index is 0. The van der Waals surface area contributed by atoms with Crippen molar-refractivity contribution in [2.24, 2.45) is 11.3 Å². The highest BCUT2D eigenvalue weighted by Crippen LogP contribution is 2.56. The van der Waals surface area contributed by atoms with Gasteiger partial charge in [-0.05, 0) is 24.3 Å². The Labute approximate surface area is 145 Å². The fourth-order valence-electron chi connectivity index (χ4n) is 3.57. The van der Waals surface area contributed by atoms with E-state index in [1.807, 2.05) is 18.2 Å². The van der Waals surface area contributed by atoms with Gasteiger partial charge in [0, 0.05) is 31.1 Å². The van der Waals surface area contributed by atoms with E-state index in [0.717, 1.165) is 43.8 Å². The van der Waals surface area contributed by atoms with E-state index in [0.29, 0.717) is 5.91 Å². The molecule has 1 aliphatic heterocycles. The summed E-state index contributed by atoms with van der Waals surface area (Å²) in [6.07, 6.45) is 2.11.